The number of benzene rings is 1. The monoisotopic (exact) mass is 321 g/mol. The zero-order valence-electron chi connectivity index (χ0n) is 13.0. The molecule has 0 spiro atoms. The fourth-order valence-corrected chi connectivity index (χ4v) is 3.91. The lowest BCUT2D eigenvalue weighted by molar-refractivity contribution is -0.123. The van der Waals surface area contributed by atoms with E-state index in [4.69, 9.17) is 17.3 Å². The van der Waals surface area contributed by atoms with Gasteiger partial charge in [0.25, 0.3) is 0 Å². The molecule has 5 heteroatoms. The summed E-state index contributed by atoms with van der Waals surface area (Å²) in [6.07, 6.45) is 4.51. The van der Waals surface area contributed by atoms with Crippen molar-refractivity contribution >= 4 is 17.5 Å². The highest BCUT2D eigenvalue weighted by Gasteiger charge is 2.40. The third-order valence-electron chi connectivity index (χ3n) is 4.92. The second kappa shape index (κ2) is 6.57. The molecule has 1 aromatic carbocycles. The smallest absolute Gasteiger partial charge is 0.236 e. The topological polar surface area (TPSA) is 58.4 Å². The molecule has 3 rings (SSSR count). The summed E-state index contributed by atoms with van der Waals surface area (Å²) < 4.78 is 0. The molecule has 120 valence electrons. The van der Waals surface area contributed by atoms with Gasteiger partial charge in [-0.2, -0.15) is 0 Å². The molecule has 2 aliphatic rings. The van der Waals surface area contributed by atoms with Crippen molar-refractivity contribution in [2.75, 3.05) is 0 Å². The van der Waals surface area contributed by atoms with Gasteiger partial charge in [0.1, 0.15) is 0 Å². The van der Waals surface area contributed by atoms with Crippen LogP contribution in [0.1, 0.15) is 38.2 Å². The fourth-order valence-electron chi connectivity index (χ4n) is 3.78. The van der Waals surface area contributed by atoms with Gasteiger partial charge in [-0.3, -0.25) is 9.69 Å². The molecule has 3 N–H and O–H groups in total. The van der Waals surface area contributed by atoms with Crippen LogP contribution in [0, 0.1) is 0 Å². The molecule has 2 bridgehead atoms. The molecule has 2 fully saturated rings. The molecule has 1 amide bonds. The van der Waals surface area contributed by atoms with Gasteiger partial charge in [-0.05, 0) is 50.3 Å². The molecular formula is C17H24ClN3O. The molecular weight excluding hydrogens is 298 g/mol. The quantitative estimate of drug-likeness (QED) is 0.894. The second-order valence-corrected chi connectivity index (χ2v) is 7.09. The normalized spacial score (nSPS) is 29.3. The number of hydrogen-bond donors (Lipinski definition) is 2. The van der Waals surface area contributed by atoms with E-state index in [1.807, 2.05) is 12.1 Å². The van der Waals surface area contributed by atoms with Crippen LogP contribution in [-0.2, 0) is 11.3 Å². The largest absolute Gasteiger partial charge is 0.352 e. The van der Waals surface area contributed by atoms with E-state index in [-0.39, 0.29) is 11.9 Å². The minimum Gasteiger partial charge on any atom is -0.352 e. The van der Waals surface area contributed by atoms with E-state index in [0.717, 1.165) is 24.4 Å². The molecule has 3 atom stereocenters. The number of carbonyl (C=O) groups excluding carboxylic acids is 1. The van der Waals surface area contributed by atoms with Crippen LogP contribution in [0.2, 0.25) is 5.02 Å². The summed E-state index contributed by atoms with van der Waals surface area (Å²) >= 11 is 5.95. The maximum Gasteiger partial charge on any atom is 0.236 e. The van der Waals surface area contributed by atoms with Crippen molar-refractivity contribution in [3.8, 4) is 0 Å². The average molecular weight is 322 g/mol. The van der Waals surface area contributed by atoms with Crippen LogP contribution >= 0.6 is 11.6 Å². The number of nitrogens with one attached hydrogen (secondary N) is 1. The molecule has 2 unspecified atom stereocenters. The number of rotatable bonds is 4. The summed E-state index contributed by atoms with van der Waals surface area (Å²) in [5.74, 6) is -0.0319. The zero-order valence-corrected chi connectivity index (χ0v) is 13.7. The summed E-state index contributed by atoms with van der Waals surface area (Å²) in [5, 5.41) is 3.88. The molecule has 0 saturated carbocycles. The minimum absolute atomic E-state index is 0.0319. The number of nitrogens with two attached hydrogens (primary N) is 1. The standard InChI is InChI=1S/C17H24ClN3O/c1-11(19)17(22)20-14-8-15-6-7-16(9-14)21(15)10-12-2-4-13(18)5-3-12/h2-5,11,14-16H,6-10,19H2,1H3,(H,20,22)/t11-,14?,15?,16?/m0/s1. The summed E-state index contributed by atoms with van der Waals surface area (Å²) in [6.45, 7) is 2.71. The number of halogens is 1. The van der Waals surface area contributed by atoms with Crippen LogP contribution < -0.4 is 11.1 Å². The first-order chi connectivity index (χ1) is 10.5. The van der Waals surface area contributed by atoms with Crippen LogP contribution in [0.3, 0.4) is 0 Å². The molecule has 0 radical (unpaired) electrons. The lowest BCUT2D eigenvalue weighted by Crippen LogP contribution is -2.52. The number of fused-ring (bicyclic) bond motifs is 2. The van der Waals surface area contributed by atoms with Gasteiger partial charge >= 0.3 is 0 Å². The van der Waals surface area contributed by atoms with Crippen LogP contribution in [0.15, 0.2) is 24.3 Å². The van der Waals surface area contributed by atoms with Gasteiger partial charge in [0, 0.05) is 29.7 Å². The van der Waals surface area contributed by atoms with Crippen LogP contribution in [0.4, 0.5) is 0 Å². The van der Waals surface area contributed by atoms with Gasteiger partial charge in [-0.25, -0.2) is 0 Å². The summed E-state index contributed by atoms with van der Waals surface area (Å²) in [7, 11) is 0. The minimum atomic E-state index is -0.426. The summed E-state index contributed by atoms with van der Waals surface area (Å²) in [5.41, 5.74) is 6.95. The van der Waals surface area contributed by atoms with E-state index in [1.54, 1.807) is 6.92 Å². The Hall–Kier alpha value is -1.10. The van der Waals surface area contributed by atoms with E-state index in [2.05, 4.69) is 22.3 Å². The summed E-state index contributed by atoms with van der Waals surface area (Å²) in [6, 6.07) is 9.09. The molecule has 4 nitrogen and oxygen atoms in total. The fraction of sp³-hybridized carbons (Fsp3) is 0.588. The van der Waals surface area contributed by atoms with Gasteiger partial charge < -0.3 is 11.1 Å². The molecule has 22 heavy (non-hydrogen) atoms. The Bertz CT molecular complexity index is 517. The van der Waals surface area contributed by atoms with Crippen LogP contribution in [0.25, 0.3) is 0 Å². The Balaban J connectivity index is 1.61. The van der Waals surface area contributed by atoms with Crippen LogP contribution in [0.5, 0.6) is 0 Å². The van der Waals surface area contributed by atoms with Crippen molar-refractivity contribution < 1.29 is 4.79 Å². The molecule has 2 heterocycles. The lowest BCUT2D eigenvalue weighted by atomic mass is 9.96. The number of nitrogens with zero attached hydrogens (tertiary/aromatic N) is 1. The maximum atomic E-state index is 11.8. The van der Waals surface area contributed by atoms with Crippen molar-refractivity contribution in [2.24, 2.45) is 5.73 Å². The predicted molar refractivity (Wildman–Crippen MR) is 88.6 cm³/mol. The third-order valence-corrected chi connectivity index (χ3v) is 5.17. The van der Waals surface area contributed by atoms with E-state index < -0.39 is 6.04 Å². The molecule has 1 aromatic rings. The third kappa shape index (κ3) is 3.45. The highest BCUT2D eigenvalue weighted by Crippen LogP contribution is 2.36. The van der Waals surface area contributed by atoms with E-state index in [0.29, 0.717) is 12.1 Å². The Morgan fingerprint density at radius 1 is 1.32 bits per heavy atom. The summed E-state index contributed by atoms with van der Waals surface area (Å²) in [4.78, 5) is 14.4. The first-order valence-corrected chi connectivity index (χ1v) is 8.47. The highest BCUT2D eigenvalue weighted by atomic mass is 35.5. The van der Waals surface area contributed by atoms with E-state index in [1.165, 1.54) is 18.4 Å². The average Bonchev–Trinajstić information content (AvgIpc) is 2.71. The van der Waals surface area contributed by atoms with Crippen molar-refractivity contribution in [3.63, 3.8) is 0 Å². The van der Waals surface area contributed by atoms with Gasteiger partial charge in [-0.1, -0.05) is 23.7 Å². The SMILES string of the molecule is C[C@H](N)C(=O)NC1CC2CCC(C1)N2Cc1ccc(Cl)cc1. The maximum absolute atomic E-state index is 11.8. The number of piperidine rings is 1. The van der Waals surface area contributed by atoms with Gasteiger partial charge in [0.15, 0.2) is 0 Å². The van der Waals surface area contributed by atoms with E-state index >= 15 is 0 Å². The van der Waals surface area contributed by atoms with Crippen molar-refractivity contribution in [1.29, 1.82) is 0 Å². The van der Waals surface area contributed by atoms with Crippen molar-refractivity contribution in [1.82, 2.24) is 10.2 Å². The van der Waals surface area contributed by atoms with Crippen LogP contribution in [-0.4, -0.2) is 35.0 Å². The Labute approximate surface area is 137 Å². The number of amides is 1. The van der Waals surface area contributed by atoms with E-state index in [9.17, 15) is 4.79 Å². The Kier molecular flexibility index (Phi) is 4.71. The molecule has 2 saturated heterocycles. The molecule has 0 aliphatic carbocycles. The first kappa shape index (κ1) is 15.8. The highest BCUT2D eigenvalue weighted by molar-refractivity contribution is 6.30. The lowest BCUT2D eigenvalue weighted by Gasteiger charge is -2.39. The van der Waals surface area contributed by atoms with Gasteiger partial charge in [-0.15, -0.1) is 0 Å². The van der Waals surface area contributed by atoms with Gasteiger partial charge in [0.2, 0.25) is 5.91 Å². The Morgan fingerprint density at radius 3 is 2.45 bits per heavy atom. The number of hydrogen-bond acceptors (Lipinski definition) is 3. The van der Waals surface area contributed by atoms with Gasteiger partial charge in [0.05, 0.1) is 6.04 Å². The predicted octanol–water partition coefficient (Wildman–Crippen LogP) is 2.30. The molecule has 2 aliphatic heterocycles. The first-order valence-electron chi connectivity index (χ1n) is 8.09. The second-order valence-electron chi connectivity index (χ2n) is 6.65. The number of carbonyl (C=O) groups is 1. The zero-order chi connectivity index (χ0) is 15.7. The Morgan fingerprint density at radius 2 is 1.91 bits per heavy atom. The van der Waals surface area contributed by atoms with Crippen molar-refractivity contribution in [2.45, 2.75) is 63.3 Å². The van der Waals surface area contributed by atoms with Crippen molar-refractivity contribution in [3.05, 3.63) is 34.9 Å². The molecule has 0 aromatic heterocycles.